The normalized spacial score (nSPS) is 11.9. The summed E-state index contributed by atoms with van der Waals surface area (Å²) in [5.41, 5.74) is 3.40. The molecule has 0 saturated carbocycles. The molecule has 1 heterocycles. The van der Waals surface area contributed by atoms with E-state index in [1.54, 1.807) is 0 Å². The number of nitrogens with zero attached hydrogens (tertiary/aromatic N) is 1. The predicted octanol–water partition coefficient (Wildman–Crippen LogP) is 9.66. The van der Waals surface area contributed by atoms with E-state index in [2.05, 4.69) is 124 Å². The summed E-state index contributed by atoms with van der Waals surface area (Å²) in [5.74, 6) is 0. The summed E-state index contributed by atoms with van der Waals surface area (Å²) >= 11 is 11.0. The van der Waals surface area contributed by atoms with Crippen LogP contribution in [-0.4, -0.2) is 4.57 Å². The van der Waals surface area contributed by atoms with Crippen LogP contribution in [0, 0.1) is 0 Å². The van der Waals surface area contributed by atoms with E-state index in [1.807, 2.05) is 0 Å². The molecule has 0 atom stereocenters. The molecule has 7 rings (SSSR count). The maximum atomic E-state index is 7.14. The Morgan fingerprint density at radius 1 is 0.576 bits per heavy atom. The van der Waals surface area contributed by atoms with Crippen LogP contribution in [0.3, 0.4) is 0 Å². The van der Waals surface area contributed by atoms with Gasteiger partial charge in [-0.1, -0.05) is 96.5 Å². The maximum absolute atomic E-state index is 7.14. The highest BCUT2D eigenvalue weighted by Gasteiger charge is 2.20. The molecule has 0 aliphatic rings. The molecule has 156 valence electrons. The van der Waals surface area contributed by atoms with Crippen molar-refractivity contribution in [2.45, 2.75) is 0 Å². The van der Waals surface area contributed by atoms with Crippen LogP contribution in [0.2, 0.25) is 5.02 Å². The van der Waals surface area contributed by atoms with E-state index < -0.39 is 0 Å². The van der Waals surface area contributed by atoms with Crippen molar-refractivity contribution in [2.24, 2.45) is 0 Å². The first-order valence-electron chi connectivity index (χ1n) is 10.9. The van der Waals surface area contributed by atoms with Gasteiger partial charge in [0.05, 0.1) is 21.7 Å². The first kappa shape index (κ1) is 19.2. The monoisotopic (exact) mass is 505 g/mol. The molecule has 33 heavy (non-hydrogen) atoms. The van der Waals surface area contributed by atoms with Crippen LogP contribution in [0.25, 0.3) is 59.8 Å². The Labute approximate surface area is 203 Å². The van der Waals surface area contributed by atoms with Crippen molar-refractivity contribution in [3.63, 3.8) is 0 Å². The minimum Gasteiger partial charge on any atom is -0.307 e. The maximum Gasteiger partial charge on any atom is 0.0626 e. The van der Waals surface area contributed by atoms with E-state index in [-0.39, 0.29) is 0 Å². The van der Waals surface area contributed by atoms with Crippen LogP contribution in [0.1, 0.15) is 0 Å². The zero-order valence-electron chi connectivity index (χ0n) is 17.5. The van der Waals surface area contributed by atoms with Crippen molar-refractivity contribution >= 4 is 81.7 Å². The molecule has 0 bridgehead atoms. The molecule has 0 N–H and O–H groups in total. The number of para-hydroxylation sites is 1. The Balaban J connectivity index is 1.85. The second-order valence-corrected chi connectivity index (χ2v) is 9.67. The second kappa shape index (κ2) is 7.08. The van der Waals surface area contributed by atoms with Gasteiger partial charge in [0.1, 0.15) is 0 Å². The zero-order chi connectivity index (χ0) is 22.1. The van der Waals surface area contributed by atoms with Gasteiger partial charge in [0.2, 0.25) is 0 Å². The smallest absolute Gasteiger partial charge is 0.0626 e. The number of halogens is 2. The molecular formula is C30H17BrClN. The fourth-order valence-corrected chi connectivity index (χ4v) is 6.07. The third-order valence-corrected chi connectivity index (χ3v) is 7.74. The molecule has 1 nitrogen and oxygen atoms in total. The SMILES string of the molecule is Clc1c2ccccc2cc2c1c1ccc3ccc4ccccc4c3c1n2-c1ccccc1Br. The van der Waals surface area contributed by atoms with Gasteiger partial charge in [-0.25, -0.2) is 0 Å². The summed E-state index contributed by atoms with van der Waals surface area (Å²) in [6.07, 6.45) is 0. The second-order valence-electron chi connectivity index (χ2n) is 8.44. The van der Waals surface area contributed by atoms with E-state index in [0.717, 1.165) is 36.9 Å². The van der Waals surface area contributed by atoms with Gasteiger partial charge >= 0.3 is 0 Å². The molecule has 3 heteroatoms. The van der Waals surface area contributed by atoms with Crippen LogP contribution in [0.4, 0.5) is 0 Å². The predicted molar refractivity (Wildman–Crippen MR) is 146 cm³/mol. The van der Waals surface area contributed by atoms with Gasteiger partial charge in [-0.3, -0.25) is 0 Å². The Morgan fingerprint density at radius 3 is 2.09 bits per heavy atom. The van der Waals surface area contributed by atoms with E-state index in [0.29, 0.717) is 0 Å². The lowest BCUT2D eigenvalue weighted by molar-refractivity contribution is 1.18. The van der Waals surface area contributed by atoms with E-state index in [1.165, 1.54) is 32.4 Å². The van der Waals surface area contributed by atoms with Crippen molar-refractivity contribution < 1.29 is 0 Å². The van der Waals surface area contributed by atoms with Crippen molar-refractivity contribution in [1.29, 1.82) is 0 Å². The van der Waals surface area contributed by atoms with Gasteiger partial charge in [-0.2, -0.15) is 0 Å². The number of hydrogen-bond acceptors (Lipinski definition) is 0. The highest BCUT2D eigenvalue weighted by Crippen LogP contribution is 2.44. The van der Waals surface area contributed by atoms with E-state index >= 15 is 0 Å². The van der Waals surface area contributed by atoms with Gasteiger partial charge in [-0.05, 0) is 55.7 Å². The minimum absolute atomic E-state index is 0.804. The fourth-order valence-electron chi connectivity index (χ4n) is 5.24. The van der Waals surface area contributed by atoms with Gasteiger partial charge < -0.3 is 4.57 Å². The average molecular weight is 507 g/mol. The van der Waals surface area contributed by atoms with Gasteiger partial charge in [-0.15, -0.1) is 0 Å². The topological polar surface area (TPSA) is 4.93 Å². The van der Waals surface area contributed by atoms with Crippen molar-refractivity contribution in [3.8, 4) is 5.69 Å². The number of rotatable bonds is 1. The summed E-state index contributed by atoms with van der Waals surface area (Å²) in [6.45, 7) is 0. The summed E-state index contributed by atoms with van der Waals surface area (Å²) < 4.78 is 3.42. The fraction of sp³-hybridized carbons (Fsp3) is 0. The Morgan fingerprint density at radius 2 is 1.24 bits per heavy atom. The van der Waals surface area contributed by atoms with Crippen LogP contribution in [0.5, 0.6) is 0 Å². The number of fused-ring (bicyclic) bond motifs is 8. The van der Waals surface area contributed by atoms with Gasteiger partial charge in [0.25, 0.3) is 0 Å². The summed E-state index contributed by atoms with van der Waals surface area (Å²) in [5, 5.41) is 10.2. The molecule has 0 amide bonds. The zero-order valence-corrected chi connectivity index (χ0v) is 19.9. The van der Waals surface area contributed by atoms with Gasteiger partial charge in [0.15, 0.2) is 0 Å². The van der Waals surface area contributed by atoms with Crippen LogP contribution in [0.15, 0.2) is 108 Å². The lowest BCUT2D eigenvalue weighted by atomic mass is 9.99. The average Bonchev–Trinajstić information content (AvgIpc) is 3.18. The molecule has 0 radical (unpaired) electrons. The minimum atomic E-state index is 0.804. The molecule has 6 aromatic carbocycles. The van der Waals surface area contributed by atoms with Crippen molar-refractivity contribution in [1.82, 2.24) is 4.57 Å². The summed E-state index contributed by atoms with van der Waals surface area (Å²) in [4.78, 5) is 0. The van der Waals surface area contributed by atoms with E-state index in [4.69, 9.17) is 11.6 Å². The number of benzene rings is 6. The molecule has 0 saturated heterocycles. The van der Waals surface area contributed by atoms with Crippen LogP contribution < -0.4 is 0 Å². The Kier molecular flexibility index (Phi) is 4.11. The number of hydrogen-bond donors (Lipinski definition) is 0. The Hall–Kier alpha value is -3.33. The first-order chi connectivity index (χ1) is 16.2. The van der Waals surface area contributed by atoms with Crippen LogP contribution in [-0.2, 0) is 0 Å². The lowest BCUT2D eigenvalue weighted by Crippen LogP contribution is -1.96. The third kappa shape index (κ3) is 2.65. The van der Waals surface area contributed by atoms with Crippen LogP contribution >= 0.6 is 27.5 Å². The lowest BCUT2D eigenvalue weighted by Gasteiger charge is -2.13. The largest absolute Gasteiger partial charge is 0.307 e. The Bertz CT molecular complexity index is 1900. The standard InChI is InChI=1S/C30H17BrClN/c31-24-11-5-6-12-25(24)33-26-17-20-8-2-4-10-22(20)29(32)28(26)23-16-15-19-14-13-18-7-1-3-9-21(18)27(19)30(23)33/h1-17H. The van der Waals surface area contributed by atoms with Crippen molar-refractivity contribution in [3.05, 3.63) is 113 Å². The molecule has 0 fully saturated rings. The molecule has 0 spiro atoms. The van der Waals surface area contributed by atoms with Crippen molar-refractivity contribution in [2.75, 3.05) is 0 Å². The quantitative estimate of drug-likeness (QED) is 0.195. The molecule has 1 aromatic heterocycles. The molecule has 0 unspecified atom stereocenters. The molecule has 0 aliphatic heterocycles. The summed E-state index contributed by atoms with van der Waals surface area (Å²) in [7, 11) is 0. The molecule has 0 aliphatic carbocycles. The molecule has 7 aromatic rings. The highest BCUT2D eigenvalue weighted by atomic mass is 79.9. The first-order valence-corrected chi connectivity index (χ1v) is 12.1. The van der Waals surface area contributed by atoms with Gasteiger partial charge in [0, 0.05) is 26.0 Å². The number of aromatic nitrogens is 1. The molecular weight excluding hydrogens is 490 g/mol. The van der Waals surface area contributed by atoms with E-state index in [9.17, 15) is 0 Å². The highest BCUT2D eigenvalue weighted by molar-refractivity contribution is 9.10. The summed E-state index contributed by atoms with van der Waals surface area (Å²) in [6, 6.07) is 36.5. The third-order valence-electron chi connectivity index (χ3n) is 6.68.